The lowest BCUT2D eigenvalue weighted by atomic mass is 10.2. The quantitative estimate of drug-likeness (QED) is 0.645. The van der Waals surface area contributed by atoms with Gasteiger partial charge in [-0.05, 0) is 44.8 Å². The minimum absolute atomic E-state index is 1.10. The third kappa shape index (κ3) is 2.58. The summed E-state index contributed by atoms with van der Waals surface area (Å²) in [6.07, 6.45) is 13.0. The van der Waals surface area contributed by atoms with Crippen LogP contribution in [0.1, 0.15) is 26.2 Å². The van der Waals surface area contributed by atoms with Crippen LogP contribution in [0.3, 0.4) is 0 Å². The molecule has 1 aliphatic carbocycles. The molecule has 0 saturated carbocycles. The molecule has 0 unspecified atom stereocenters. The Labute approximate surface area is 86.8 Å². The second-order valence-electron chi connectivity index (χ2n) is 4.28. The second-order valence-corrected chi connectivity index (χ2v) is 4.28. The van der Waals surface area contributed by atoms with Gasteiger partial charge in [-0.15, -0.1) is 0 Å². The van der Waals surface area contributed by atoms with Crippen molar-refractivity contribution in [1.29, 1.82) is 0 Å². The summed E-state index contributed by atoms with van der Waals surface area (Å²) in [6, 6.07) is 0. The minimum Gasteiger partial charge on any atom is -0.299 e. The van der Waals surface area contributed by atoms with Crippen LogP contribution < -0.4 is 0 Å². The van der Waals surface area contributed by atoms with Crippen molar-refractivity contribution in [3.8, 4) is 0 Å². The second kappa shape index (κ2) is 4.61. The highest BCUT2D eigenvalue weighted by atomic mass is 15.1. The molecule has 0 aromatic carbocycles. The van der Waals surface area contributed by atoms with Gasteiger partial charge in [-0.25, -0.2) is 0 Å². The fraction of sp³-hybridized carbons (Fsp3) is 0.538. The van der Waals surface area contributed by atoms with Crippen molar-refractivity contribution >= 4 is 0 Å². The van der Waals surface area contributed by atoms with Crippen molar-refractivity contribution in [1.82, 2.24) is 4.90 Å². The molecule has 1 nitrogen and oxygen atoms in total. The van der Waals surface area contributed by atoms with Crippen molar-refractivity contribution in [2.24, 2.45) is 0 Å². The van der Waals surface area contributed by atoms with E-state index in [1.165, 1.54) is 37.1 Å². The van der Waals surface area contributed by atoms with Crippen molar-refractivity contribution in [2.75, 3.05) is 19.6 Å². The lowest BCUT2D eigenvalue weighted by Crippen LogP contribution is -2.21. The molecule has 0 atom stereocenters. The molecule has 1 heterocycles. The van der Waals surface area contributed by atoms with Crippen LogP contribution in [-0.2, 0) is 0 Å². The average Bonchev–Trinajstić information content (AvgIpc) is 2.58. The summed E-state index contributed by atoms with van der Waals surface area (Å²) in [7, 11) is 0. The van der Waals surface area contributed by atoms with E-state index >= 15 is 0 Å². The van der Waals surface area contributed by atoms with E-state index in [4.69, 9.17) is 0 Å². The van der Waals surface area contributed by atoms with Crippen molar-refractivity contribution in [3.05, 3.63) is 35.5 Å². The van der Waals surface area contributed by atoms with E-state index in [9.17, 15) is 0 Å². The predicted molar refractivity (Wildman–Crippen MR) is 61.3 cm³/mol. The highest BCUT2D eigenvalue weighted by Gasteiger charge is 2.11. The first-order chi connectivity index (χ1) is 6.84. The van der Waals surface area contributed by atoms with E-state index in [2.05, 4.69) is 36.1 Å². The molecule has 0 bridgehead atoms. The fourth-order valence-electron chi connectivity index (χ4n) is 2.09. The van der Waals surface area contributed by atoms with Gasteiger partial charge in [0.2, 0.25) is 0 Å². The molecule has 1 aliphatic heterocycles. The molecule has 2 rings (SSSR count). The first kappa shape index (κ1) is 9.72. The maximum atomic E-state index is 2.55. The van der Waals surface area contributed by atoms with E-state index in [0.29, 0.717) is 0 Å². The zero-order valence-electron chi connectivity index (χ0n) is 9.00. The SMILES string of the molecule is CC1=CCC=C(CN2CCCC2)C=C1. The number of hydrogen-bond acceptors (Lipinski definition) is 1. The van der Waals surface area contributed by atoms with Gasteiger partial charge in [0.15, 0.2) is 0 Å². The van der Waals surface area contributed by atoms with Crippen LogP contribution in [0.15, 0.2) is 35.5 Å². The third-order valence-electron chi connectivity index (χ3n) is 2.99. The Morgan fingerprint density at radius 1 is 1.14 bits per heavy atom. The summed E-state index contributed by atoms with van der Waals surface area (Å²) >= 11 is 0. The normalized spacial score (nSPS) is 23.2. The Hall–Kier alpha value is -0.820. The van der Waals surface area contributed by atoms with Gasteiger partial charge in [0.05, 0.1) is 0 Å². The molecular formula is C13H19N. The van der Waals surface area contributed by atoms with Crippen LogP contribution in [-0.4, -0.2) is 24.5 Å². The molecule has 0 spiro atoms. The Bertz CT molecular complexity index is 278. The maximum absolute atomic E-state index is 2.55. The van der Waals surface area contributed by atoms with Crippen molar-refractivity contribution in [2.45, 2.75) is 26.2 Å². The van der Waals surface area contributed by atoms with Crippen LogP contribution in [0.4, 0.5) is 0 Å². The molecule has 2 aliphatic rings. The summed E-state index contributed by atoms with van der Waals surface area (Å²) in [4.78, 5) is 2.55. The van der Waals surface area contributed by atoms with E-state index in [1.54, 1.807) is 0 Å². The number of likely N-dealkylation sites (tertiary alicyclic amines) is 1. The fourth-order valence-corrected chi connectivity index (χ4v) is 2.09. The predicted octanol–water partition coefficient (Wildman–Crippen LogP) is 2.91. The van der Waals surface area contributed by atoms with E-state index in [1.807, 2.05) is 0 Å². The van der Waals surface area contributed by atoms with Gasteiger partial charge in [0, 0.05) is 6.54 Å². The molecule has 76 valence electrons. The number of nitrogens with zero attached hydrogens (tertiary/aromatic N) is 1. The average molecular weight is 189 g/mol. The van der Waals surface area contributed by atoms with Gasteiger partial charge in [-0.3, -0.25) is 4.90 Å². The lowest BCUT2D eigenvalue weighted by Gasteiger charge is -2.14. The minimum atomic E-state index is 1.10. The summed E-state index contributed by atoms with van der Waals surface area (Å²) in [5.74, 6) is 0. The third-order valence-corrected chi connectivity index (χ3v) is 2.99. The maximum Gasteiger partial charge on any atom is 0.0230 e. The van der Waals surface area contributed by atoms with Crippen LogP contribution in [0.5, 0.6) is 0 Å². The van der Waals surface area contributed by atoms with E-state index in [-0.39, 0.29) is 0 Å². The largest absolute Gasteiger partial charge is 0.299 e. The molecule has 0 aromatic heterocycles. The van der Waals surface area contributed by atoms with Crippen LogP contribution >= 0.6 is 0 Å². The van der Waals surface area contributed by atoms with Crippen LogP contribution in [0.25, 0.3) is 0 Å². The first-order valence-electron chi connectivity index (χ1n) is 5.61. The zero-order valence-corrected chi connectivity index (χ0v) is 9.00. The highest BCUT2D eigenvalue weighted by molar-refractivity contribution is 5.31. The standard InChI is InChI=1S/C13H19N/c1-12-5-4-6-13(8-7-12)11-14-9-2-3-10-14/h5-8H,2-4,9-11H2,1H3. The van der Waals surface area contributed by atoms with Gasteiger partial charge >= 0.3 is 0 Å². The van der Waals surface area contributed by atoms with Crippen LogP contribution in [0.2, 0.25) is 0 Å². The highest BCUT2D eigenvalue weighted by Crippen LogP contribution is 2.14. The molecule has 0 aromatic rings. The summed E-state index contributed by atoms with van der Waals surface area (Å²) in [6.45, 7) is 5.90. The van der Waals surface area contributed by atoms with Gasteiger partial charge in [-0.1, -0.05) is 29.9 Å². The number of allylic oxidation sites excluding steroid dienone is 4. The van der Waals surface area contributed by atoms with E-state index in [0.717, 1.165) is 13.0 Å². The molecular weight excluding hydrogens is 170 g/mol. The molecule has 0 amide bonds. The van der Waals surface area contributed by atoms with Crippen LogP contribution in [0, 0.1) is 0 Å². The monoisotopic (exact) mass is 189 g/mol. The zero-order chi connectivity index (χ0) is 9.80. The van der Waals surface area contributed by atoms with Gasteiger partial charge in [-0.2, -0.15) is 0 Å². The molecule has 0 N–H and O–H groups in total. The molecule has 14 heavy (non-hydrogen) atoms. The molecule has 1 heteroatoms. The van der Waals surface area contributed by atoms with Gasteiger partial charge in [0.1, 0.15) is 0 Å². The van der Waals surface area contributed by atoms with E-state index < -0.39 is 0 Å². The Morgan fingerprint density at radius 2 is 1.93 bits per heavy atom. The Balaban J connectivity index is 1.92. The molecule has 0 radical (unpaired) electrons. The molecule has 1 saturated heterocycles. The first-order valence-corrected chi connectivity index (χ1v) is 5.61. The number of rotatable bonds is 2. The van der Waals surface area contributed by atoms with Crippen molar-refractivity contribution in [3.63, 3.8) is 0 Å². The van der Waals surface area contributed by atoms with Crippen molar-refractivity contribution < 1.29 is 0 Å². The smallest absolute Gasteiger partial charge is 0.0230 e. The number of hydrogen-bond donors (Lipinski definition) is 0. The molecule has 1 fully saturated rings. The topological polar surface area (TPSA) is 3.24 Å². The summed E-state index contributed by atoms with van der Waals surface area (Å²) in [5.41, 5.74) is 2.87. The summed E-state index contributed by atoms with van der Waals surface area (Å²) < 4.78 is 0. The Morgan fingerprint density at radius 3 is 2.71 bits per heavy atom. The van der Waals surface area contributed by atoms with Gasteiger partial charge < -0.3 is 0 Å². The Kier molecular flexibility index (Phi) is 3.20. The summed E-state index contributed by atoms with van der Waals surface area (Å²) in [5, 5.41) is 0. The lowest BCUT2D eigenvalue weighted by molar-refractivity contribution is 0.371. The van der Waals surface area contributed by atoms with Gasteiger partial charge in [0.25, 0.3) is 0 Å².